The van der Waals surface area contributed by atoms with Crippen LogP contribution in [0, 0.1) is 17.2 Å². The lowest BCUT2D eigenvalue weighted by atomic mass is 9.63. The van der Waals surface area contributed by atoms with Crippen molar-refractivity contribution in [2.75, 3.05) is 51.1 Å². The van der Waals surface area contributed by atoms with E-state index in [0.717, 1.165) is 38.0 Å². The van der Waals surface area contributed by atoms with Crippen molar-refractivity contribution in [1.82, 2.24) is 14.9 Å². The first kappa shape index (κ1) is 25.9. The summed E-state index contributed by atoms with van der Waals surface area (Å²) in [7, 11) is 4.02. The molecule has 2 heterocycles. The van der Waals surface area contributed by atoms with Gasteiger partial charge in [-0.1, -0.05) is 11.6 Å². The van der Waals surface area contributed by atoms with Crippen molar-refractivity contribution in [2.45, 2.75) is 31.9 Å². The predicted molar refractivity (Wildman–Crippen MR) is 143 cm³/mol. The number of rotatable bonds is 11. The first-order valence-electron chi connectivity index (χ1n) is 12.6. The number of benzene rings is 2. The number of aliphatic hydroxyl groups is 1. The van der Waals surface area contributed by atoms with Crippen LogP contribution < -0.4 is 15.4 Å². The van der Waals surface area contributed by atoms with Gasteiger partial charge in [0.15, 0.2) is 0 Å². The van der Waals surface area contributed by atoms with Crippen molar-refractivity contribution in [3.05, 3.63) is 47.5 Å². The number of aromatic nitrogens is 2. The average molecular weight is 530 g/mol. The molecule has 0 radical (unpaired) electrons. The lowest BCUT2D eigenvalue weighted by Gasteiger charge is -2.42. The van der Waals surface area contributed by atoms with Gasteiger partial charge in [0.05, 0.1) is 36.0 Å². The van der Waals surface area contributed by atoms with Gasteiger partial charge in [-0.3, -0.25) is 0 Å². The van der Waals surface area contributed by atoms with Gasteiger partial charge in [0.1, 0.15) is 29.9 Å². The Morgan fingerprint density at radius 3 is 2.89 bits per heavy atom. The summed E-state index contributed by atoms with van der Waals surface area (Å²) >= 11 is 5.96. The van der Waals surface area contributed by atoms with Crippen LogP contribution in [0.25, 0.3) is 10.9 Å². The van der Waals surface area contributed by atoms with Gasteiger partial charge in [-0.05, 0) is 76.5 Å². The summed E-state index contributed by atoms with van der Waals surface area (Å²) in [6.07, 6.45) is 4.41. The Morgan fingerprint density at radius 2 is 2.16 bits per heavy atom. The van der Waals surface area contributed by atoms with E-state index in [-0.39, 0.29) is 10.4 Å². The summed E-state index contributed by atoms with van der Waals surface area (Å²) in [5.74, 6) is 1.21. The molecule has 3 aromatic rings. The van der Waals surface area contributed by atoms with Crippen LogP contribution in [0.2, 0.25) is 5.02 Å². The molecule has 0 spiro atoms. The molecule has 3 N–H and O–H groups in total. The molecule has 198 valence electrons. The van der Waals surface area contributed by atoms with E-state index < -0.39 is 12.0 Å². The van der Waals surface area contributed by atoms with Crippen LogP contribution in [0.15, 0.2) is 36.7 Å². The minimum absolute atomic E-state index is 0.0202. The third-order valence-corrected chi connectivity index (χ3v) is 7.69. The Kier molecular flexibility index (Phi) is 7.67. The zero-order valence-electron chi connectivity index (χ0n) is 21.1. The van der Waals surface area contributed by atoms with Crippen molar-refractivity contribution in [2.24, 2.45) is 11.3 Å². The summed E-state index contributed by atoms with van der Waals surface area (Å²) in [5, 5.41) is 17.9. The Balaban J connectivity index is 1.43. The van der Waals surface area contributed by atoms with Crippen LogP contribution >= 0.6 is 11.6 Å². The molecule has 37 heavy (non-hydrogen) atoms. The van der Waals surface area contributed by atoms with E-state index in [1.54, 1.807) is 6.07 Å². The van der Waals surface area contributed by atoms with Gasteiger partial charge in [0.2, 0.25) is 0 Å². The zero-order chi connectivity index (χ0) is 26.0. The molecule has 1 aromatic heterocycles. The van der Waals surface area contributed by atoms with Crippen molar-refractivity contribution < 1.29 is 19.0 Å². The van der Waals surface area contributed by atoms with E-state index in [9.17, 15) is 9.50 Å². The first-order chi connectivity index (χ1) is 17.8. The molecule has 0 bridgehead atoms. The topological polar surface area (TPSA) is 91.8 Å². The number of nitrogens with one attached hydrogen (secondary N) is 2. The molecule has 5 rings (SSSR count). The maximum absolute atomic E-state index is 13.6. The summed E-state index contributed by atoms with van der Waals surface area (Å²) in [6, 6.07) is 8.16. The highest BCUT2D eigenvalue weighted by atomic mass is 35.5. The van der Waals surface area contributed by atoms with Crippen LogP contribution in [-0.4, -0.2) is 66.7 Å². The van der Waals surface area contributed by atoms with E-state index in [1.165, 1.54) is 24.9 Å². The Bertz CT molecular complexity index is 1260. The number of fused-ring (bicyclic) bond motifs is 2. The molecular weight excluding hydrogens is 497 g/mol. The van der Waals surface area contributed by atoms with Gasteiger partial charge < -0.3 is 30.1 Å². The van der Waals surface area contributed by atoms with Gasteiger partial charge >= 0.3 is 0 Å². The number of aliphatic hydroxyl groups excluding tert-OH is 1. The molecule has 1 saturated carbocycles. The second-order valence-electron chi connectivity index (χ2n) is 10.3. The largest absolute Gasteiger partial charge is 0.491 e. The van der Waals surface area contributed by atoms with Gasteiger partial charge in [-0.25, -0.2) is 14.4 Å². The summed E-state index contributed by atoms with van der Waals surface area (Å²) in [4.78, 5) is 10.9. The van der Waals surface area contributed by atoms with Gasteiger partial charge in [-0.2, -0.15) is 0 Å². The monoisotopic (exact) mass is 529 g/mol. The summed E-state index contributed by atoms with van der Waals surface area (Å²) in [6.45, 7) is 2.95. The van der Waals surface area contributed by atoms with E-state index in [1.807, 2.05) is 26.2 Å². The minimum atomic E-state index is -0.749. The number of hydrogen-bond acceptors (Lipinski definition) is 8. The molecule has 3 atom stereocenters. The number of anilines is 3. The fourth-order valence-corrected chi connectivity index (χ4v) is 5.22. The third kappa shape index (κ3) is 5.75. The van der Waals surface area contributed by atoms with Crippen LogP contribution in [0.5, 0.6) is 5.75 Å². The lowest BCUT2D eigenvalue weighted by Crippen LogP contribution is -2.44. The molecule has 8 nitrogen and oxygen atoms in total. The quantitative estimate of drug-likeness (QED) is 0.297. The normalized spacial score (nSPS) is 21.5. The van der Waals surface area contributed by atoms with Gasteiger partial charge in [-0.15, -0.1) is 0 Å². The Hall–Kier alpha value is -2.72. The maximum Gasteiger partial charge on any atom is 0.144 e. The van der Waals surface area contributed by atoms with E-state index >= 15 is 0 Å². The maximum atomic E-state index is 13.6. The second-order valence-corrected chi connectivity index (χ2v) is 10.8. The molecule has 2 fully saturated rings. The molecule has 2 aromatic carbocycles. The molecule has 1 aliphatic heterocycles. The second kappa shape index (κ2) is 10.9. The van der Waals surface area contributed by atoms with E-state index in [0.29, 0.717) is 47.4 Å². The van der Waals surface area contributed by atoms with Crippen LogP contribution in [0.4, 0.5) is 21.6 Å². The molecule has 3 unspecified atom stereocenters. The summed E-state index contributed by atoms with van der Waals surface area (Å²) < 4.78 is 25.8. The Labute approximate surface area is 221 Å². The fourth-order valence-electron chi connectivity index (χ4n) is 5.04. The van der Waals surface area contributed by atoms with Crippen molar-refractivity contribution >= 4 is 39.7 Å². The minimum Gasteiger partial charge on any atom is -0.491 e. The number of ether oxygens (including phenoxy) is 2. The van der Waals surface area contributed by atoms with Gasteiger partial charge in [0.25, 0.3) is 0 Å². The van der Waals surface area contributed by atoms with Crippen molar-refractivity contribution in [3.63, 3.8) is 0 Å². The van der Waals surface area contributed by atoms with E-state index in [2.05, 4.69) is 25.5 Å². The van der Waals surface area contributed by atoms with Crippen LogP contribution in [0.3, 0.4) is 0 Å². The first-order valence-corrected chi connectivity index (χ1v) is 13.0. The molecule has 0 amide bonds. The summed E-state index contributed by atoms with van der Waals surface area (Å²) in [5.41, 5.74) is 2.00. The molecule has 10 heteroatoms. The highest BCUT2D eigenvalue weighted by Crippen LogP contribution is 2.51. The number of hydrogen-bond donors (Lipinski definition) is 3. The standard InChI is InChI=1S/C27H33ClFN5O3/c1-34(2)9-3-4-25(35)33-23-11-19-22(12-24(23)37-15-27-8-7-17(27)13-36-14-27)30-16-31-26(19)32-18-5-6-21(29)20(28)10-18/h5-6,10-12,16-17,25,33,35H,3-4,7-9,13-15H2,1-2H3,(H,30,31,32). The van der Waals surface area contributed by atoms with Crippen LogP contribution in [-0.2, 0) is 4.74 Å². The number of halogens is 2. The van der Waals surface area contributed by atoms with Crippen molar-refractivity contribution in [1.29, 1.82) is 0 Å². The van der Waals surface area contributed by atoms with Gasteiger partial charge in [0, 0.05) is 22.6 Å². The Morgan fingerprint density at radius 1 is 1.30 bits per heavy atom. The highest BCUT2D eigenvalue weighted by molar-refractivity contribution is 6.31. The average Bonchev–Trinajstić information content (AvgIpc) is 3.13. The highest BCUT2D eigenvalue weighted by Gasteiger charge is 2.51. The SMILES string of the molecule is CN(C)CCCC(O)Nc1cc2c(Nc3ccc(F)c(Cl)c3)ncnc2cc1OCC12CCC1COC2. The molecular formula is C27H33ClFN5O3. The number of nitrogens with zero attached hydrogens (tertiary/aromatic N) is 3. The molecule has 1 aliphatic carbocycles. The molecule has 2 aliphatic rings. The lowest BCUT2D eigenvalue weighted by molar-refractivity contribution is 0.0197. The van der Waals surface area contributed by atoms with Crippen LogP contribution in [0.1, 0.15) is 25.7 Å². The van der Waals surface area contributed by atoms with E-state index in [4.69, 9.17) is 21.1 Å². The fraction of sp³-hybridized carbons (Fsp3) is 0.481. The smallest absolute Gasteiger partial charge is 0.144 e. The predicted octanol–water partition coefficient (Wildman–Crippen LogP) is 5.04. The third-order valence-electron chi connectivity index (χ3n) is 7.40. The molecule has 1 saturated heterocycles. The zero-order valence-corrected chi connectivity index (χ0v) is 21.9. The van der Waals surface area contributed by atoms with Crippen molar-refractivity contribution in [3.8, 4) is 5.75 Å².